The Bertz CT molecular complexity index is 193. The van der Waals surface area contributed by atoms with Crippen LogP contribution in [0.5, 0.6) is 0 Å². The Hall–Kier alpha value is -0.770. The van der Waals surface area contributed by atoms with Crippen LogP contribution >= 0.6 is 0 Å². The standard InChI is InChI=1S/C12H26N2O2/c1-4-7-12(2,3)10-16-11(15)14-9-6-5-8-13/h4-10,13H2,1-3H3,(H,14,15). The molecule has 0 aliphatic rings. The fourth-order valence-corrected chi connectivity index (χ4v) is 1.52. The van der Waals surface area contributed by atoms with E-state index in [1.54, 1.807) is 0 Å². The Kier molecular flexibility index (Phi) is 7.99. The number of rotatable bonds is 8. The van der Waals surface area contributed by atoms with Gasteiger partial charge in [0.25, 0.3) is 0 Å². The van der Waals surface area contributed by atoms with Gasteiger partial charge < -0.3 is 15.8 Å². The van der Waals surface area contributed by atoms with Gasteiger partial charge in [-0.3, -0.25) is 0 Å². The lowest BCUT2D eigenvalue weighted by atomic mass is 9.89. The highest BCUT2D eigenvalue weighted by Gasteiger charge is 2.18. The summed E-state index contributed by atoms with van der Waals surface area (Å²) in [4.78, 5) is 11.3. The molecule has 0 fully saturated rings. The zero-order valence-electron chi connectivity index (χ0n) is 10.8. The molecule has 0 bridgehead atoms. The Balaban J connectivity index is 3.56. The molecule has 0 aliphatic carbocycles. The van der Waals surface area contributed by atoms with Gasteiger partial charge in [0.15, 0.2) is 0 Å². The molecule has 0 unspecified atom stereocenters. The van der Waals surface area contributed by atoms with Crippen LogP contribution in [0, 0.1) is 5.41 Å². The molecule has 3 N–H and O–H groups in total. The van der Waals surface area contributed by atoms with E-state index < -0.39 is 0 Å². The molecule has 0 aliphatic heterocycles. The van der Waals surface area contributed by atoms with E-state index in [1.807, 2.05) is 0 Å². The molecule has 1 amide bonds. The summed E-state index contributed by atoms with van der Waals surface area (Å²) in [6, 6.07) is 0. The summed E-state index contributed by atoms with van der Waals surface area (Å²) in [6.07, 6.45) is 3.69. The average molecular weight is 230 g/mol. The first kappa shape index (κ1) is 15.2. The van der Waals surface area contributed by atoms with Gasteiger partial charge in [-0.1, -0.05) is 27.2 Å². The highest BCUT2D eigenvalue weighted by molar-refractivity contribution is 5.67. The zero-order chi connectivity index (χ0) is 12.4. The van der Waals surface area contributed by atoms with Gasteiger partial charge in [0.1, 0.15) is 0 Å². The minimum atomic E-state index is -0.318. The van der Waals surface area contributed by atoms with E-state index in [1.165, 1.54) is 0 Å². The number of hydrogen-bond acceptors (Lipinski definition) is 3. The smallest absolute Gasteiger partial charge is 0.407 e. The van der Waals surface area contributed by atoms with Crippen LogP contribution in [-0.4, -0.2) is 25.8 Å². The molecule has 16 heavy (non-hydrogen) atoms. The van der Waals surface area contributed by atoms with Crippen molar-refractivity contribution in [3.8, 4) is 0 Å². The number of carbonyl (C=O) groups is 1. The van der Waals surface area contributed by atoms with Crippen LogP contribution in [0.2, 0.25) is 0 Å². The van der Waals surface area contributed by atoms with E-state index in [0.717, 1.165) is 25.7 Å². The van der Waals surface area contributed by atoms with Crippen molar-refractivity contribution < 1.29 is 9.53 Å². The third-order valence-electron chi connectivity index (χ3n) is 2.42. The molecule has 96 valence electrons. The van der Waals surface area contributed by atoms with Gasteiger partial charge in [-0.05, 0) is 31.2 Å². The SMILES string of the molecule is CCCC(C)(C)COC(=O)NCCCCN. The number of carbonyl (C=O) groups excluding carboxylic acids is 1. The van der Waals surface area contributed by atoms with Crippen LogP contribution in [0.25, 0.3) is 0 Å². The van der Waals surface area contributed by atoms with Crippen LogP contribution in [0.1, 0.15) is 46.5 Å². The normalized spacial score (nSPS) is 11.2. The number of unbranched alkanes of at least 4 members (excludes halogenated alkanes) is 1. The third kappa shape index (κ3) is 8.53. The quantitative estimate of drug-likeness (QED) is 0.629. The molecule has 0 heterocycles. The Morgan fingerprint density at radius 3 is 2.62 bits per heavy atom. The maximum atomic E-state index is 11.3. The van der Waals surface area contributed by atoms with Crippen molar-refractivity contribution in [1.29, 1.82) is 0 Å². The first-order valence-electron chi connectivity index (χ1n) is 6.12. The van der Waals surface area contributed by atoms with Crippen LogP contribution in [0.4, 0.5) is 4.79 Å². The number of nitrogens with two attached hydrogens (primary N) is 1. The Morgan fingerprint density at radius 2 is 2.06 bits per heavy atom. The van der Waals surface area contributed by atoms with E-state index in [0.29, 0.717) is 19.7 Å². The summed E-state index contributed by atoms with van der Waals surface area (Å²) >= 11 is 0. The fraction of sp³-hybridized carbons (Fsp3) is 0.917. The van der Waals surface area contributed by atoms with Crippen LogP contribution in [0.15, 0.2) is 0 Å². The molecule has 0 saturated heterocycles. The minimum Gasteiger partial charge on any atom is -0.449 e. The van der Waals surface area contributed by atoms with Crippen LogP contribution in [-0.2, 0) is 4.74 Å². The first-order chi connectivity index (χ1) is 7.52. The van der Waals surface area contributed by atoms with E-state index in [-0.39, 0.29) is 11.5 Å². The molecule has 0 radical (unpaired) electrons. The van der Waals surface area contributed by atoms with Crippen molar-refractivity contribution in [3.63, 3.8) is 0 Å². The van der Waals surface area contributed by atoms with Gasteiger partial charge in [0, 0.05) is 6.54 Å². The molecule has 0 aromatic heterocycles. The van der Waals surface area contributed by atoms with E-state index in [4.69, 9.17) is 10.5 Å². The Morgan fingerprint density at radius 1 is 1.38 bits per heavy atom. The zero-order valence-corrected chi connectivity index (χ0v) is 10.8. The molecule has 0 aromatic carbocycles. The molecule has 4 heteroatoms. The predicted molar refractivity (Wildman–Crippen MR) is 66.3 cm³/mol. The van der Waals surface area contributed by atoms with E-state index in [9.17, 15) is 4.79 Å². The van der Waals surface area contributed by atoms with Gasteiger partial charge >= 0.3 is 6.09 Å². The number of amides is 1. The second-order valence-electron chi connectivity index (χ2n) is 4.91. The monoisotopic (exact) mass is 230 g/mol. The van der Waals surface area contributed by atoms with Crippen molar-refractivity contribution in [3.05, 3.63) is 0 Å². The largest absolute Gasteiger partial charge is 0.449 e. The van der Waals surface area contributed by atoms with Gasteiger partial charge in [0.2, 0.25) is 0 Å². The number of nitrogens with one attached hydrogen (secondary N) is 1. The lowest BCUT2D eigenvalue weighted by Crippen LogP contribution is -2.30. The van der Waals surface area contributed by atoms with Gasteiger partial charge in [0.05, 0.1) is 6.61 Å². The van der Waals surface area contributed by atoms with Crippen molar-refractivity contribution in [1.82, 2.24) is 5.32 Å². The summed E-state index contributed by atoms with van der Waals surface area (Å²) in [6.45, 7) is 8.14. The first-order valence-corrected chi connectivity index (χ1v) is 6.12. The molecular weight excluding hydrogens is 204 g/mol. The number of alkyl carbamates (subject to hydrolysis) is 1. The maximum Gasteiger partial charge on any atom is 0.407 e. The molecule has 0 spiro atoms. The average Bonchev–Trinajstić information content (AvgIpc) is 2.22. The van der Waals surface area contributed by atoms with E-state index >= 15 is 0 Å². The highest BCUT2D eigenvalue weighted by Crippen LogP contribution is 2.22. The summed E-state index contributed by atoms with van der Waals surface area (Å²) in [5.41, 5.74) is 5.42. The van der Waals surface area contributed by atoms with Crippen molar-refractivity contribution >= 4 is 6.09 Å². The van der Waals surface area contributed by atoms with Crippen LogP contribution < -0.4 is 11.1 Å². The topological polar surface area (TPSA) is 64.3 Å². The maximum absolute atomic E-state index is 11.3. The highest BCUT2D eigenvalue weighted by atomic mass is 16.5. The molecule has 4 nitrogen and oxygen atoms in total. The van der Waals surface area contributed by atoms with Gasteiger partial charge in [-0.25, -0.2) is 4.79 Å². The number of ether oxygens (including phenoxy) is 1. The predicted octanol–water partition coefficient (Wildman–Crippen LogP) is 2.28. The van der Waals surface area contributed by atoms with Crippen molar-refractivity contribution in [2.45, 2.75) is 46.5 Å². The van der Waals surface area contributed by atoms with Crippen molar-refractivity contribution in [2.75, 3.05) is 19.7 Å². The van der Waals surface area contributed by atoms with Crippen LogP contribution in [0.3, 0.4) is 0 Å². The summed E-state index contributed by atoms with van der Waals surface area (Å²) < 4.78 is 5.16. The van der Waals surface area contributed by atoms with Gasteiger partial charge in [-0.2, -0.15) is 0 Å². The molecule has 0 saturated carbocycles. The molecule has 0 atom stereocenters. The lowest BCUT2D eigenvalue weighted by Gasteiger charge is -2.23. The fourth-order valence-electron chi connectivity index (χ4n) is 1.52. The lowest BCUT2D eigenvalue weighted by molar-refractivity contribution is 0.0940. The van der Waals surface area contributed by atoms with E-state index in [2.05, 4.69) is 26.1 Å². The Labute approximate surface area is 98.9 Å². The second-order valence-corrected chi connectivity index (χ2v) is 4.91. The second kappa shape index (κ2) is 8.39. The minimum absolute atomic E-state index is 0.0728. The van der Waals surface area contributed by atoms with Crippen molar-refractivity contribution in [2.24, 2.45) is 11.1 Å². The van der Waals surface area contributed by atoms with Gasteiger partial charge in [-0.15, -0.1) is 0 Å². The summed E-state index contributed by atoms with van der Waals surface area (Å²) in [5.74, 6) is 0. The summed E-state index contributed by atoms with van der Waals surface area (Å²) in [5, 5.41) is 2.72. The molecule has 0 aromatic rings. The number of hydrogen-bond donors (Lipinski definition) is 2. The summed E-state index contributed by atoms with van der Waals surface area (Å²) in [7, 11) is 0. The third-order valence-corrected chi connectivity index (χ3v) is 2.42. The molecule has 0 rings (SSSR count). The molecular formula is C12H26N2O2.